The highest BCUT2D eigenvalue weighted by Gasteiger charge is 1.87. The Morgan fingerprint density at radius 2 is 1.50 bits per heavy atom. The van der Waals surface area contributed by atoms with Crippen molar-refractivity contribution >= 4 is 0 Å². The second kappa shape index (κ2) is 6.13. The highest BCUT2D eigenvalue weighted by Crippen LogP contribution is 2.06. The molecule has 0 aliphatic carbocycles. The van der Waals surface area contributed by atoms with Gasteiger partial charge in [-0.05, 0) is 32.9 Å². The number of aryl methyl sites for hydroxylation is 3. The lowest BCUT2D eigenvalue weighted by atomic mass is 10.1. The Kier molecular flexibility index (Phi) is 4.80. The molecule has 0 aliphatic rings. The van der Waals surface area contributed by atoms with Gasteiger partial charge >= 0.3 is 0 Å². The summed E-state index contributed by atoms with van der Waals surface area (Å²) in [6.07, 6.45) is 1.53. The summed E-state index contributed by atoms with van der Waals surface area (Å²) < 4.78 is 4.73. The monoisotopic (exact) mass is 218 g/mol. The molecule has 16 heavy (non-hydrogen) atoms. The standard InChI is InChI=1S/C9H12.C5H6O2/c1-7-4-8(2)6-9(3)5-7;6-4-5-2-1-3-7-5/h4-6H,1-3H3;1-3,6H,4H2. The van der Waals surface area contributed by atoms with Crippen LogP contribution in [0.25, 0.3) is 0 Å². The Morgan fingerprint density at radius 3 is 1.75 bits per heavy atom. The van der Waals surface area contributed by atoms with Crippen molar-refractivity contribution in [2.24, 2.45) is 0 Å². The summed E-state index contributed by atoms with van der Waals surface area (Å²) in [6, 6.07) is 10.0. The average Bonchev–Trinajstić information content (AvgIpc) is 2.68. The molecule has 1 N–H and O–H groups in total. The number of furan rings is 1. The topological polar surface area (TPSA) is 33.4 Å². The summed E-state index contributed by atoms with van der Waals surface area (Å²) in [5.74, 6) is 0.611. The molecule has 0 aliphatic heterocycles. The Hall–Kier alpha value is -1.54. The van der Waals surface area contributed by atoms with Crippen molar-refractivity contribution in [3.8, 4) is 0 Å². The summed E-state index contributed by atoms with van der Waals surface area (Å²) in [4.78, 5) is 0. The molecule has 2 heteroatoms. The molecule has 86 valence electrons. The maximum atomic E-state index is 8.33. The first-order valence-electron chi connectivity index (χ1n) is 5.30. The fourth-order valence-electron chi connectivity index (χ4n) is 1.60. The molecular weight excluding hydrogens is 200 g/mol. The van der Waals surface area contributed by atoms with Crippen LogP contribution in [0, 0.1) is 20.8 Å². The predicted octanol–water partition coefficient (Wildman–Crippen LogP) is 3.38. The van der Waals surface area contributed by atoms with Crippen molar-refractivity contribution in [2.75, 3.05) is 0 Å². The molecule has 2 rings (SSSR count). The number of hydrogen-bond donors (Lipinski definition) is 1. The minimum atomic E-state index is -0.00694. The van der Waals surface area contributed by atoms with E-state index in [4.69, 9.17) is 9.52 Å². The number of aliphatic hydroxyl groups is 1. The third kappa shape index (κ3) is 4.32. The van der Waals surface area contributed by atoms with E-state index < -0.39 is 0 Å². The number of rotatable bonds is 1. The molecule has 0 bridgehead atoms. The summed E-state index contributed by atoms with van der Waals surface area (Å²) in [5.41, 5.74) is 4.06. The van der Waals surface area contributed by atoms with E-state index in [0.717, 1.165) is 0 Å². The minimum absolute atomic E-state index is 0.00694. The van der Waals surface area contributed by atoms with Gasteiger partial charge in [0.2, 0.25) is 0 Å². The van der Waals surface area contributed by atoms with Gasteiger partial charge in [0.05, 0.1) is 6.26 Å². The molecular formula is C14H18O2. The van der Waals surface area contributed by atoms with Crippen LogP contribution >= 0.6 is 0 Å². The molecule has 0 amide bonds. The van der Waals surface area contributed by atoms with Gasteiger partial charge < -0.3 is 9.52 Å². The zero-order chi connectivity index (χ0) is 12.0. The molecule has 0 saturated heterocycles. The van der Waals surface area contributed by atoms with E-state index in [2.05, 4.69) is 39.0 Å². The van der Waals surface area contributed by atoms with Crippen LogP contribution in [0.1, 0.15) is 22.5 Å². The van der Waals surface area contributed by atoms with Gasteiger partial charge in [0.25, 0.3) is 0 Å². The van der Waals surface area contributed by atoms with Crippen LogP contribution in [0.3, 0.4) is 0 Å². The van der Waals surface area contributed by atoms with Gasteiger partial charge in [0, 0.05) is 0 Å². The molecule has 0 spiro atoms. The van der Waals surface area contributed by atoms with Crippen LogP contribution in [0.15, 0.2) is 41.0 Å². The van der Waals surface area contributed by atoms with E-state index in [0.29, 0.717) is 5.76 Å². The van der Waals surface area contributed by atoms with Gasteiger partial charge in [-0.3, -0.25) is 0 Å². The van der Waals surface area contributed by atoms with Gasteiger partial charge in [0.1, 0.15) is 12.4 Å². The lowest BCUT2D eigenvalue weighted by Gasteiger charge is -1.96. The van der Waals surface area contributed by atoms with Crippen LogP contribution in [-0.4, -0.2) is 5.11 Å². The van der Waals surface area contributed by atoms with E-state index in [1.54, 1.807) is 12.1 Å². The van der Waals surface area contributed by atoms with Crippen molar-refractivity contribution in [3.05, 3.63) is 59.0 Å². The molecule has 0 radical (unpaired) electrons. The maximum Gasteiger partial charge on any atom is 0.129 e. The van der Waals surface area contributed by atoms with Crippen LogP contribution < -0.4 is 0 Å². The van der Waals surface area contributed by atoms with Gasteiger partial charge in [-0.25, -0.2) is 0 Å². The smallest absolute Gasteiger partial charge is 0.129 e. The maximum absolute atomic E-state index is 8.33. The minimum Gasteiger partial charge on any atom is -0.467 e. The van der Waals surface area contributed by atoms with Crippen LogP contribution in [-0.2, 0) is 6.61 Å². The predicted molar refractivity (Wildman–Crippen MR) is 65.3 cm³/mol. The molecule has 0 unspecified atom stereocenters. The Balaban J connectivity index is 0.000000165. The summed E-state index contributed by atoms with van der Waals surface area (Å²) in [5, 5.41) is 8.33. The first kappa shape index (κ1) is 12.5. The van der Waals surface area contributed by atoms with Gasteiger partial charge in [-0.1, -0.05) is 34.9 Å². The van der Waals surface area contributed by atoms with Crippen LogP contribution in [0.4, 0.5) is 0 Å². The average molecular weight is 218 g/mol. The molecule has 0 saturated carbocycles. The van der Waals surface area contributed by atoms with Crippen molar-refractivity contribution in [2.45, 2.75) is 27.4 Å². The highest BCUT2D eigenvalue weighted by atomic mass is 16.4. The van der Waals surface area contributed by atoms with Gasteiger partial charge in [-0.15, -0.1) is 0 Å². The zero-order valence-corrected chi connectivity index (χ0v) is 10.0. The van der Waals surface area contributed by atoms with Crippen molar-refractivity contribution in [3.63, 3.8) is 0 Å². The molecule has 2 aromatic rings. The van der Waals surface area contributed by atoms with E-state index in [9.17, 15) is 0 Å². The summed E-state index contributed by atoms with van der Waals surface area (Å²) >= 11 is 0. The first-order chi connectivity index (χ1) is 7.61. The largest absolute Gasteiger partial charge is 0.467 e. The fourth-order valence-corrected chi connectivity index (χ4v) is 1.60. The first-order valence-corrected chi connectivity index (χ1v) is 5.30. The van der Waals surface area contributed by atoms with Crippen molar-refractivity contribution in [1.29, 1.82) is 0 Å². The third-order valence-corrected chi connectivity index (χ3v) is 2.10. The SMILES string of the molecule is Cc1cc(C)cc(C)c1.OCc1ccco1. The van der Waals surface area contributed by atoms with Crippen molar-refractivity contribution in [1.82, 2.24) is 0 Å². The second-order valence-corrected chi connectivity index (χ2v) is 3.90. The lowest BCUT2D eigenvalue weighted by molar-refractivity contribution is 0.247. The van der Waals surface area contributed by atoms with Crippen LogP contribution in [0.2, 0.25) is 0 Å². The Labute approximate surface area is 96.5 Å². The second-order valence-electron chi connectivity index (χ2n) is 3.90. The molecule has 1 heterocycles. The number of hydrogen-bond acceptors (Lipinski definition) is 2. The molecule has 1 aromatic carbocycles. The van der Waals surface area contributed by atoms with Crippen LogP contribution in [0.5, 0.6) is 0 Å². The molecule has 0 fully saturated rings. The molecule has 0 atom stereocenters. The Bertz CT molecular complexity index is 366. The van der Waals surface area contributed by atoms with Gasteiger partial charge in [-0.2, -0.15) is 0 Å². The fraction of sp³-hybridized carbons (Fsp3) is 0.286. The van der Waals surface area contributed by atoms with Crippen molar-refractivity contribution < 1.29 is 9.52 Å². The molecule has 2 nitrogen and oxygen atoms in total. The zero-order valence-electron chi connectivity index (χ0n) is 10.0. The van der Waals surface area contributed by atoms with Gasteiger partial charge in [0.15, 0.2) is 0 Å². The number of aliphatic hydroxyl groups excluding tert-OH is 1. The quantitative estimate of drug-likeness (QED) is 0.796. The summed E-state index contributed by atoms with van der Waals surface area (Å²) in [7, 11) is 0. The van der Waals surface area contributed by atoms with E-state index in [1.807, 2.05) is 0 Å². The molecule has 1 aromatic heterocycles. The highest BCUT2D eigenvalue weighted by molar-refractivity contribution is 5.27. The Morgan fingerprint density at radius 1 is 1.00 bits per heavy atom. The lowest BCUT2D eigenvalue weighted by Crippen LogP contribution is -1.78. The van der Waals surface area contributed by atoms with E-state index in [1.165, 1.54) is 23.0 Å². The number of benzene rings is 1. The summed E-state index contributed by atoms with van der Waals surface area (Å²) in [6.45, 7) is 6.37. The van der Waals surface area contributed by atoms with E-state index >= 15 is 0 Å². The normalized spacial score (nSPS) is 9.50. The van der Waals surface area contributed by atoms with E-state index in [-0.39, 0.29) is 6.61 Å². The third-order valence-electron chi connectivity index (χ3n) is 2.10.